The van der Waals surface area contributed by atoms with E-state index in [-0.39, 0.29) is 19.0 Å². The first-order valence-electron chi connectivity index (χ1n) is 16.8. The van der Waals surface area contributed by atoms with Crippen LogP contribution < -0.4 is 9.80 Å². The maximum atomic E-state index is 9.27. The van der Waals surface area contributed by atoms with Crippen LogP contribution in [0.4, 0.5) is 10.3 Å². The number of rotatable bonds is 8. The molecule has 2 aliphatic rings. The minimum absolute atomic E-state index is 0. The second-order valence-corrected chi connectivity index (χ2v) is 15.8. The first-order valence-corrected chi connectivity index (χ1v) is 19.7. The van der Waals surface area contributed by atoms with Crippen molar-refractivity contribution >= 4 is 101 Å². The van der Waals surface area contributed by atoms with Crippen LogP contribution in [0.2, 0.25) is 10.0 Å². The van der Waals surface area contributed by atoms with Gasteiger partial charge in [0.05, 0.1) is 27.0 Å². The number of hydrogen-bond acceptors (Lipinski definition) is 9. The number of benzene rings is 4. The predicted octanol–water partition coefficient (Wildman–Crippen LogP) is 9.20. The van der Waals surface area contributed by atoms with Crippen LogP contribution in [0.25, 0.3) is 20.4 Å². The zero-order valence-corrected chi connectivity index (χ0v) is 32.8. The Morgan fingerprint density at radius 3 is 1.45 bits per heavy atom. The summed E-state index contributed by atoms with van der Waals surface area (Å²) in [5, 5.41) is 13.0. The fraction of sp³-hybridized carbons (Fsp3) is 0.316. The third kappa shape index (κ3) is 9.84. The lowest BCUT2D eigenvalue weighted by atomic mass is 10.1. The Labute approximate surface area is 328 Å². The van der Waals surface area contributed by atoms with E-state index in [1.165, 1.54) is 16.7 Å². The number of alkyl halides is 1. The molecular formula is C38H40Cl4N6OS2. The van der Waals surface area contributed by atoms with Gasteiger partial charge in [0.1, 0.15) is 0 Å². The highest BCUT2D eigenvalue weighted by Gasteiger charge is 2.21. The number of piperazine rings is 2. The van der Waals surface area contributed by atoms with Crippen molar-refractivity contribution in [2.24, 2.45) is 0 Å². The van der Waals surface area contributed by atoms with Gasteiger partial charge in [-0.3, -0.25) is 9.80 Å². The minimum Gasteiger partial charge on any atom is -0.392 e. The lowest BCUT2D eigenvalue weighted by molar-refractivity contribution is 0.249. The molecular weight excluding hydrogens is 762 g/mol. The molecule has 0 spiro atoms. The summed E-state index contributed by atoms with van der Waals surface area (Å²) in [6.07, 6.45) is 0. The summed E-state index contributed by atoms with van der Waals surface area (Å²) in [5.41, 5.74) is 6.81. The van der Waals surface area contributed by atoms with Crippen molar-refractivity contribution in [1.29, 1.82) is 0 Å². The summed E-state index contributed by atoms with van der Waals surface area (Å²) in [7, 11) is 0. The molecule has 0 radical (unpaired) electrons. The fourth-order valence-electron chi connectivity index (χ4n) is 6.39. The van der Waals surface area contributed by atoms with Crippen LogP contribution in [0.5, 0.6) is 0 Å². The molecule has 51 heavy (non-hydrogen) atoms. The lowest BCUT2D eigenvalue weighted by Gasteiger charge is -2.34. The van der Waals surface area contributed by atoms with Gasteiger partial charge in [-0.15, -0.1) is 24.0 Å². The van der Waals surface area contributed by atoms with Crippen molar-refractivity contribution in [2.45, 2.75) is 25.6 Å². The summed E-state index contributed by atoms with van der Waals surface area (Å²) < 4.78 is 2.30. The number of fused-ring (bicyclic) bond motifs is 2. The van der Waals surface area contributed by atoms with Gasteiger partial charge in [-0.2, -0.15) is 0 Å². The molecule has 0 amide bonds. The summed E-state index contributed by atoms with van der Waals surface area (Å²) in [6, 6.07) is 28.5. The van der Waals surface area contributed by atoms with Crippen LogP contribution in [0, 0.1) is 0 Å². The average Bonchev–Trinajstić information content (AvgIpc) is 3.77. The van der Waals surface area contributed by atoms with E-state index in [0.29, 0.717) is 5.88 Å². The third-order valence-electron chi connectivity index (χ3n) is 9.10. The Bertz CT molecular complexity index is 1900. The lowest BCUT2D eigenvalue weighted by Crippen LogP contribution is -2.45. The Kier molecular flexibility index (Phi) is 13.3. The zero-order valence-electron chi connectivity index (χ0n) is 28.1. The third-order valence-corrected chi connectivity index (χ3v) is 12.0. The first kappa shape index (κ1) is 38.0. The second-order valence-electron chi connectivity index (χ2n) is 12.7. The molecule has 0 atom stereocenters. The molecule has 0 bridgehead atoms. The summed E-state index contributed by atoms with van der Waals surface area (Å²) in [4.78, 5) is 19.2. The maximum Gasteiger partial charge on any atom is 0.186 e. The van der Waals surface area contributed by atoms with Gasteiger partial charge >= 0.3 is 0 Å². The summed E-state index contributed by atoms with van der Waals surface area (Å²) in [5.74, 6) is 0.573. The number of hydrogen-bond donors (Lipinski definition) is 1. The number of aliphatic hydroxyl groups is 1. The normalized spacial score (nSPS) is 15.5. The standard InChI is InChI=1S/C19H19Cl2N3S.C19H20ClN3OS.ClH/c20-12-14-2-1-3-15(10-14)13-23-6-8-24(9-7-23)19-22-17-5-4-16(21)11-18(17)25-19;20-16-4-5-17-18(11-16)25-19(21-17)23-8-6-22(7-9-23)12-14-2-1-3-15(10-14)13-24;/h1-5,10-11H,6-9,12-13H2;1-5,10-11,24H,6-9,12-13H2;1H. The van der Waals surface area contributed by atoms with Crippen LogP contribution in [0.15, 0.2) is 84.9 Å². The topological polar surface area (TPSA) is 59.0 Å². The SMILES string of the molecule is Cl.ClCc1cccc(CN2CCN(c3nc4ccc(Cl)cc4s3)CC2)c1.OCc1cccc(CN2CCN(c3nc4ccc(Cl)cc4s3)CC2)c1. The van der Waals surface area contributed by atoms with Gasteiger partial charge < -0.3 is 14.9 Å². The average molecular weight is 803 g/mol. The van der Waals surface area contributed by atoms with E-state index in [4.69, 9.17) is 44.8 Å². The number of thiazole rings is 2. The molecule has 8 rings (SSSR count). The summed E-state index contributed by atoms with van der Waals surface area (Å²) >= 11 is 21.5. The van der Waals surface area contributed by atoms with Gasteiger partial charge in [0, 0.05) is 81.4 Å². The second kappa shape index (κ2) is 17.9. The van der Waals surface area contributed by atoms with Gasteiger partial charge in [-0.25, -0.2) is 9.97 Å². The van der Waals surface area contributed by atoms with Crippen LogP contribution in [-0.2, 0) is 25.6 Å². The van der Waals surface area contributed by atoms with Crippen LogP contribution in [0.3, 0.4) is 0 Å². The molecule has 2 aliphatic heterocycles. The molecule has 6 aromatic rings. The maximum absolute atomic E-state index is 9.27. The van der Waals surface area contributed by atoms with Crippen molar-refractivity contribution in [2.75, 3.05) is 62.2 Å². The Morgan fingerprint density at radius 1 is 0.569 bits per heavy atom. The highest BCUT2D eigenvalue weighted by atomic mass is 35.5. The molecule has 0 saturated carbocycles. The Balaban J connectivity index is 0.000000172. The van der Waals surface area contributed by atoms with Crippen molar-refractivity contribution in [3.8, 4) is 0 Å². The Hall–Kier alpha value is -2.70. The zero-order chi connectivity index (χ0) is 34.5. The predicted molar refractivity (Wildman–Crippen MR) is 220 cm³/mol. The van der Waals surface area contributed by atoms with Gasteiger partial charge in [-0.1, -0.05) is 94.4 Å². The smallest absolute Gasteiger partial charge is 0.186 e. The Morgan fingerprint density at radius 2 is 1.00 bits per heavy atom. The van der Waals surface area contributed by atoms with E-state index in [0.717, 1.165) is 112 Å². The van der Waals surface area contributed by atoms with Gasteiger partial charge in [0.25, 0.3) is 0 Å². The first-order chi connectivity index (χ1) is 24.4. The minimum atomic E-state index is 0. The van der Waals surface area contributed by atoms with Crippen molar-refractivity contribution in [3.63, 3.8) is 0 Å². The number of anilines is 2. The van der Waals surface area contributed by atoms with Crippen molar-refractivity contribution in [3.05, 3.63) is 117 Å². The van der Waals surface area contributed by atoms with E-state index in [2.05, 4.69) is 56.0 Å². The molecule has 2 aromatic heterocycles. The molecule has 7 nitrogen and oxygen atoms in total. The molecule has 0 aliphatic carbocycles. The molecule has 2 saturated heterocycles. The van der Waals surface area contributed by atoms with Gasteiger partial charge in [0.2, 0.25) is 0 Å². The van der Waals surface area contributed by atoms with E-state index < -0.39 is 0 Å². The number of nitrogens with zero attached hydrogens (tertiary/aromatic N) is 6. The quantitative estimate of drug-likeness (QED) is 0.154. The summed E-state index contributed by atoms with van der Waals surface area (Å²) in [6.45, 7) is 10.1. The molecule has 0 unspecified atom stereocenters. The number of halogens is 4. The van der Waals surface area contributed by atoms with Gasteiger partial charge in [-0.05, 0) is 58.7 Å². The van der Waals surface area contributed by atoms with Gasteiger partial charge in [0.15, 0.2) is 10.3 Å². The molecule has 2 fully saturated rings. The van der Waals surface area contributed by atoms with E-state index in [1.54, 1.807) is 22.7 Å². The van der Waals surface area contributed by atoms with Crippen molar-refractivity contribution < 1.29 is 5.11 Å². The van der Waals surface area contributed by atoms with Crippen LogP contribution in [0.1, 0.15) is 22.3 Å². The monoisotopic (exact) mass is 800 g/mol. The molecule has 4 aromatic carbocycles. The van der Waals surface area contributed by atoms with Crippen LogP contribution in [-0.4, -0.2) is 77.2 Å². The van der Waals surface area contributed by atoms with E-state index in [1.807, 2.05) is 48.5 Å². The largest absolute Gasteiger partial charge is 0.392 e. The highest BCUT2D eigenvalue weighted by molar-refractivity contribution is 7.22. The number of aromatic nitrogens is 2. The van der Waals surface area contributed by atoms with E-state index in [9.17, 15) is 5.11 Å². The molecule has 1 N–H and O–H groups in total. The van der Waals surface area contributed by atoms with Crippen molar-refractivity contribution in [1.82, 2.24) is 19.8 Å². The molecule has 268 valence electrons. The molecule has 4 heterocycles. The van der Waals surface area contributed by atoms with Crippen LogP contribution >= 0.6 is 69.9 Å². The fourth-order valence-corrected chi connectivity index (χ4v) is 9.14. The highest BCUT2D eigenvalue weighted by Crippen LogP contribution is 2.32. The number of aliphatic hydroxyl groups excluding tert-OH is 1. The van der Waals surface area contributed by atoms with E-state index >= 15 is 0 Å². The molecule has 13 heteroatoms.